The van der Waals surface area contributed by atoms with Crippen molar-refractivity contribution in [3.8, 4) is 6.07 Å². The van der Waals surface area contributed by atoms with Crippen LogP contribution < -0.4 is 10.2 Å². The van der Waals surface area contributed by atoms with Gasteiger partial charge in [0.1, 0.15) is 0 Å². The maximum Gasteiger partial charge on any atom is 0.231 e. The minimum atomic E-state index is 0.148. The molecule has 0 spiro atoms. The van der Waals surface area contributed by atoms with Crippen LogP contribution in [-0.4, -0.2) is 19.5 Å². The van der Waals surface area contributed by atoms with Crippen LogP contribution in [-0.2, 0) is 17.8 Å². The maximum atomic E-state index is 11.5. The van der Waals surface area contributed by atoms with E-state index < -0.39 is 0 Å². The van der Waals surface area contributed by atoms with Gasteiger partial charge in [0.15, 0.2) is 0 Å². The van der Waals surface area contributed by atoms with E-state index >= 15 is 0 Å². The number of likely N-dealkylation sites (N-methyl/N-ethyl adjacent to an activating group) is 1. The van der Waals surface area contributed by atoms with E-state index in [0.717, 1.165) is 23.4 Å². The van der Waals surface area contributed by atoms with Crippen LogP contribution in [0.1, 0.15) is 17.5 Å². The van der Waals surface area contributed by atoms with Crippen LogP contribution in [0.15, 0.2) is 18.2 Å². The molecule has 4 nitrogen and oxygen atoms in total. The van der Waals surface area contributed by atoms with Crippen molar-refractivity contribution in [2.45, 2.75) is 19.4 Å². The van der Waals surface area contributed by atoms with Gasteiger partial charge in [-0.1, -0.05) is 12.1 Å². The summed E-state index contributed by atoms with van der Waals surface area (Å²) < 4.78 is 0. The molecule has 2 rings (SSSR count). The summed E-state index contributed by atoms with van der Waals surface area (Å²) in [5, 5.41) is 11.6. The van der Waals surface area contributed by atoms with E-state index in [1.54, 1.807) is 11.9 Å². The summed E-state index contributed by atoms with van der Waals surface area (Å²) in [5.74, 6) is 0.148. The number of nitrogens with one attached hydrogen (secondary N) is 1. The molecule has 1 aromatic carbocycles. The van der Waals surface area contributed by atoms with Crippen LogP contribution in [0.4, 0.5) is 5.69 Å². The molecule has 17 heavy (non-hydrogen) atoms. The van der Waals surface area contributed by atoms with Crippen molar-refractivity contribution in [1.29, 1.82) is 5.26 Å². The quantitative estimate of drug-likeness (QED) is 0.789. The largest absolute Gasteiger partial charge is 0.315 e. The number of fused-ring (bicyclic) bond motifs is 1. The molecule has 1 amide bonds. The molecule has 0 aromatic heterocycles. The molecule has 1 aliphatic heterocycles. The lowest BCUT2D eigenvalue weighted by Crippen LogP contribution is -2.20. The topological polar surface area (TPSA) is 56.1 Å². The van der Waals surface area contributed by atoms with E-state index in [2.05, 4.69) is 17.5 Å². The first kappa shape index (κ1) is 11.6. The second-order valence-corrected chi connectivity index (χ2v) is 4.18. The zero-order chi connectivity index (χ0) is 12.3. The third-order valence-corrected chi connectivity index (χ3v) is 2.96. The first-order valence-corrected chi connectivity index (χ1v) is 5.68. The molecular weight excluding hydrogens is 214 g/mol. The van der Waals surface area contributed by atoms with Crippen molar-refractivity contribution in [2.24, 2.45) is 0 Å². The van der Waals surface area contributed by atoms with Gasteiger partial charge in [0.2, 0.25) is 5.91 Å². The number of carbonyl (C=O) groups is 1. The zero-order valence-electron chi connectivity index (χ0n) is 9.86. The predicted octanol–water partition coefficient (Wildman–Crippen LogP) is 1.21. The number of nitriles is 1. The van der Waals surface area contributed by atoms with Gasteiger partial charge in [-0.05, 0) is 17.2 Å². The van der Waals surface area contributed by atoms with Gasteiger partial charge in [-0.25, -0.2) is 0 Å². The number of hydrogen-bond acceptors (Lipinski definition) is 3. The summed E-state index contributed by atoms with van der Waals surface area (Å²) >= 11 is 0. The Labute approximate surface area is 101 Å². The molecule has 1 N–H and O–H groups in total. The van der Waals surface area contributed by atoms with E-state index in [-0.39, 0.29) is 5.91 Å². The van der Waals surface area contributed by atoms with Crippen LogP contribution >= 0.6 is 0 Å². The Morgan fingerprint density at radius 2 is 2.35 bits per heavy atom. The normalized spacial score (nSPS) is 13.6. The minimum Gasteiger partial charge on any atom is -0.315 e. The Morgan fingerprint density at radius 3 is 3.12 bits per heavy atom. The first-order chi connectivity index (χ1) is 8.22. The Balaban J connectivity index is 2.01. The number of carbonyl (C=O) groups excluding carboxylic acids is 1. The highest BCUT2D eigenvalue weighted by Gasteiger charge is 2.23. The van der Waals surface area contributed by atoms with Gasteiger partial charge in [0.25, 0.3) is 0 Å². The smallest absolute Gasteiger partial charge is 0.231 e. The SMILES string of the molecule is CN1C(=O)Cc2cc(CNCCC#N)ccc21. The van der Waals surface area contributed by atoms with Crippen LogP contribution in [0, 0.1) is 11.3 Å². The van der Waals surface area contributed by atoms with Gasteiger partial charge in [-0.2, -0.15) is 5.26 Å². The average Bonchev–Trinajstić information content (AvgIpc) is 2.61. The summed E-state index contributed by atoms with van der Waals surface area (Å²) in [6.45, 7) is 1.44. The number of rotatable bonds is 4. The lowest BCUT2D eigenvalue weighted by molar-refractivity contribution is -0.117. The Hall–Kier alpha value is -1.86. The van der Waals surface area contributed by atoms with Crippen molar-refractivity contribution >= 4 is 11.6 Å². The molecule has 0 unspecified atom stereocenters. The fourth-order valence-corrected chi connectivity index (χ4v) is 2.01. The van der Waals surface area contributed by atoms with Crippen molar-refractivity contribution in [2.75, 3.05) is 18.5 Å². The third kappa shape index (κ3) is 2.45. The molecule has 1 aromatic rings. The summed E-state index contributed by atoms with van der Waals surface area (Å²) in [7, 11) is 1.80. The molecule has 0 saturated heterocycles. The molecule has 0 aliphatic carbocycles. The summed E-state index contributed by atoms with van der Waals surface area (Å²) in [6, 6.07) is 8.17. The monoisotopic (exact) mass is 229 g/mol. The van der Waals surface area contributed by atoms with Gasteiger partial charge >= 0.3 is 0 Å². The second-order valence-electron chi connectivity index (χ2n) is 4.18. The summed E-state index contributed by atoms with van der Waals surface area (Å²) in [6.07, 6.45) is 1.02. The minimum absolute atomic E-state index is 0.148. The molecule has 0 atom stereocenters. The lowest BCUT2D eigenvalue weighted by Gasteiger charge is -2.10. The first-order valence-electron chi connectivity index (χ1n) is 5.68. The molecule has 1 aliphatic rings. The fraction of sp³-hybridized carbons (Fsp3) is 0.385. The Kier molecular flexibility index (Phi) is 3.40. The van der Waals surface area contributed by atoms with Gasteiger partial charge < -0.3 is 10.2 Å². The number of anilines is 1. The molecule has 88 valence electrons. The van der Waals surface area contributed by atoms with Crippen molar-refractivity contribution < 1.29 is 4.79 Å². The maximum absolute atomic E-state index is 11.5. The number of amides is 1. The van der Waals surface area contributed by atoms with Gasteiger partial charge in [0.05, 0.1) is 12.5 Å². The van der Waals surface area contributed by atoms with Crippen molar-refractivity contribution in [3.63, 3.8) is 0 Å². The van der Waals surface area contributed by atoms with E-state index in [0.29, 0.717) is 19.4 Å². The molecule has 0 bridgehead atoms. The van der Waals surface area contributed by atoms with E-state index in [1.165, 1.54) is 0 Å². The molecule has 0 saturated carbocycles. The average molecular weight is 229 g/mol. The number of nitrogens with zero attached hydrogens (tertiary/aromatic N) is 2. The van der Waals surface area contributed by atoms with Gasteiger partial charge in [-0.3, -0.25) is 4.79 Å². The third-order valence-electron chi connectivity index (χ3n) is 2.96. The molecule has 0 radical (unpaired) electrons. The Morgan fingerprint density at radius 1 is 1.53 bits per heavy atom. The van der Waals surface area contributed by atoms with Crippen LogP contribution in [0.5, 0.6) is 0 Å². The highest BCUT2D eigenvalue weighted by atomic mass is 16.2. The zero-order valence-corrected chi connectivity index (χ0v) is 9.86. The van der Waals surface area contributed by atoms with Gasteiger partial charge in [-0.15, -0.1) is 0 Å². The summed E-state index contributed by atoms with van der Waals surface area (Å²) in [4.78, 5) is 13.2. The fourth-order valence-electron chi connectivity index (χ4n) is 2.01. The number of hydrogen-bond donors (Lipinski definition) is 1. The second kappa shape index (κ2) is 4.98. The predicted molar refractivity (Wildman–Crippen MR) is 65.5 cm³/mol. The van der Waals surface area contributed by atoms with E-state index in [9.17, 15) is 4.79 Å². The lowest BCUT2D eigenvalue weighted by atomic mass is 10.1. The van der Waals surface area contributed by atoms with Crippen LogP contribution in [0.2, 0.25) is 0 Å². The Bertz CT molecular complexity index is 476. The standard InChI is InChI=1S/C13H15N3O/c1-16-12-4-3-10(9-15-6-2-5-14)7-11(12)8-13(16)17/h3-4,7,15H,2,6,8-9H2,1H3. The number of benzene rings is 1. The van der Waals surface area contributed by atoms with Crippen LogP contribution in [0.3, 0.4) is 0 Å². The molecular formula is C13H15N3O. The highest BCUT2D eigenvalue weighted by molar-refractivity contribution is 6.00. The molecule has 0 fully saturated rings. The van der Waals surface area contributed by atoms with Crippen molar-refractivity contribution in [3.05, 3.63) is 29.3 Å². The molecule has 4 heteroatoms. The van der Waals surface area contributed by atoms with Gasteiger partial charge in [0, 0.05) is 32.2 Å². The molecule has 1 heterocycles. The van der Waals surface area contributed by atoms with Crippen LogP contribution in [0.25, 0.3) is 0 Å². The van der Waals surface area contributed by atoms with E-state index in [4.69, 9.17) is 5.26 Å². The van der Waals surface area contributed by atoms with Crippen molar-refractivity contribution in [1.82, 2.24) is 5.32 Å². The summed E-state index contributed by atoms with van der Waals surface area (Å²) in [5.41, 5.74) is 3.26. The highest BCUT2D eigenvalue weighted by Crippen LogP contribution is 2.28. The van der Waals surface area contributed by atoms with E-state index in [1.807, 2.05) is 12.1 Å².